The van der Waals surface area contributed by atoms with Crippen LogP contribution in [0.25, 0.3) is 0 Å². The molecule has 0 radical (unpaired) electrons. The molecule has 0 heterocycles. The third kappa shape index (κ3) is 6.03. The van der Waals surface area contributed by atoms with Gasteiger partial charge in [-0.05, 0) is 31.6 Å². The summed E-state index contributed by atoms with van der Waals surface area (Å²) in [7, 11) is 0. The first-order valence-corrected chi connectivity index (χ1v) is 7.09. The van der Waals surface area contributed by atoms with Crippen molar-refractivity contribution in [1.29, 1.82) is 0 Å². The number of carboxylic acid groups (broad SMARTS) is 1. The average molecular weight is 255 g/mol. The minimum atomic E-state index is -0.741. The molecule has 4 heteroatoms. The summed E-state index contributed by atoms with van der Waals surface area (Å²) in [5.74, 6) is 0.327. The van der Waals surface area contributed by atoms with Gasteiger partial charge >= 0.3 is 5.97 Å². The zero-order valence-electron chi connectivity index (χ0n) is 11.3. The molecule has 0 saturated heterocycles. The molecule has 1 aliphatic carbocycles. The van der Waals surface area contributed by atoms with Crippen molar-refractivity contribution < 1.29 is 14.7 Å². The molecule has 0 aromatic rings. The van der Waals surface area contributed by atoms with Gasteiger partial charge in [0.25, 0.3) is 0 Å². The highest BCUT2D eigenvalue weighted by Crippen LogP contribution is 2.28. The van der Waals surface area contributed by atoms with Gasteiger partial charge in [-0.1, -0.05) is 26.2 Å². The van der Waals surface area contributed by atoms with Crippen LogP contribution in [-0.2, 0) is 9.59 Å². The maximum atomic E-state index is 11.9. The molecule has 0 unspecified atom stereocenters. The third-order valence-corrected chi connectivity index (χ3v) is 3.67. The van der Waals surface area contributed by atoms with Crippen molar-refractivity contribution in [2.24, 2.45) is 11.8 Å². The van der Waals surface area contributed by atoms with Gasteiger partial charge in [-0.15, -0.1) is 0 Å². The number of carboxylic acids is 1. The molecule has 2 atom stereocenters. The zero-order valence-corrected chi connectivity index (χ0v) is 11.3. The molecule has 1 fully saturated rings. The van der Waals surface area contributed by atoms with Crippen molar-refractivity contribution in [1.82, 2.24) is 5.32 Å². The van der Waals surface area contributed by atoms with Crippen LogP contribution in [0.3, 0.4) is 0 Å². The Hall–Kier alpha value is -1.06. The number of hydrogen-bond acceptors (Lipinski definition) is 2. The minimum Gasteiger partial charge on any atom is -0.481 e. The molecule has 1 aliphatic rings. The molecule has 0 aliphatic heterocycles. The van der Waals surface area contributed by atoms with Crippen LogP contribution in [0, 0.1) is 11.8 Å². The highest BCUT2D eigenvalue weighted by atomic mass is 16.4. The Kier molecular flexibility index (Phi) is 6.76. The van der Waals surface area contributed by atoms with Crippen LogP contribution in [0.5, 0.6) is 0 Å². The maximum absolute atomic E-state index is 11.9. The van der Waals surface area contributed by atoms with E-state index in [0.29, 0.717) is 18.9 Å². The molecule has 0 bridgehead atoms. The van der Waals surface area contributed by atoms with Crippen LogP contribution in [-0.4, -0.2) is 23.5 Å². The molecular formula is C14H25NO3. The number of carbonyl (C=O) groups excluding carboxylic acids is 1. The summed E-state index contributed by atoms with van der Waals surface area (Å²) < 4.78 is 0. The minimum absolute atomic E-state index is 0.194. The van der Waals surface area contributed by atoms with E-state index in [-0.39, 0.29) is 18.2 Å². The molecule has 0 aromatic heterocycles. The molecule has 2 N–H and O–H groups in total. The van der Waals surface area contributed by atoms with Gasteiger partial charge < -0.3 is 10.4 Å². The quantitative estimate of drug-likeness (QED) is 0.687. The van der Waals surface area contributed by atoms with Crippen molar-refractivity contribution in [2.75, 3.05) is 6.54 Å². The predicted molar refractivity (Wildman–Crippen MR) is 70.2 cm³/mol. The van der Waals surface area contributed by atoms with Gasteiger partial charge in [0.05, 0.1) is 0 Å². The van der Waals surface area contributed by atoms with Crippen molar-refractivity contribution >= 4 is 11.9 Å². The smallest absolute Gasteiger partial charge is 0.303 e. The summed E-state index contributed by atoms with van der Waals surface area (Å²) in [6, 6.07) is 0. The standard InChI is InChI=1S/C14H25NO3/c1-11-6-5-7-12(10-11)14(18)15-9-4-2-3-8-13(16)17/h11-12H,2-10H2,1H3,(H,15,18)(H,16,17)/t11-,12+/m1/s1. The fourth-order valence-corrected chi connectivity index (χ4v) is 2.61. The van der Waals surface area contributed by atoms with Crippen molar-refractivity contribution in [3.8, 4) is 0 Å². The normalized spacial score (nSPS) is 23.6. The van der Waals surface area contributed by atoms with Gasteiger partial charge in [-0.2, -0.15) is 0 Å². The number of unbranched alkanes of at least 4 members (excludes halogenated alkanes) is 2. The third-order valence-electron chi connectivity index (χ3n) is 3.67. The van der Waals surface area contributed by atoms with Crippen LogP contribution in [0.1, 0.15) is 58.3 Å². The molecule has 1 rings (SSSR count). The summed E-state index contributed by atoms with van der Waals surface area (Å²) in [4.78, 5) is 22.2. The lowest BCUT2D eigenvalue weighted by molar-refractivity contribution is -0.137. The van der Waals surface area contributed by atoms with E-state index in [1.54, 1.807) is 0 Å². The van der Waals surface area contributed by atoms with Crippen LogP contribution < -0.4 is 5.32 Å². The van der Waals surface area contributed by atoms with Gasteiger partial charge in [0.2, 0.25) is 5.91 Å². The van der Waals surface area contributed by atoms with Crippen LogP contribution >= 0.6 is 0 Å². The Morgan fingerprint density at radius 1 is 1.22 bits per heavy atom. The lowest BCUT2D eigenvalue weighted by atomic mass is 9.82. The Labute approximate surface area is 109 Å². The van der Waals surface area contributed by atoms with Crippen molar-refractivity contribution in [2.45, 2.75) is 58.3 Å². The number of carbonyl (C=O) groups is 2. The first-order chi connectivity index (χ1) is 8.59. The van der Waals surface area contributed by atoms with E-state index in [0.717, 1.165) is 32.1 Å². The number of aliphatic carboxylic acids is 1. The SMILES string of the molecule is C[C@@H]1CCC[C@H](C(=O)NCCCCCC(=O)O)C1. The summed E-state index contributed by atoms with van der Waals surface area (Å²) in [5.41, 5.74) is 0. The lowest BCUT2D eigenvalue weighted by Crippen LogP contribution is -2.34. The molecule has 0 aromatic carbocycles. The Bertz CT molecular complexity index is 278. The van der Waals surface area contributed by atoms with E-state index < -0.39 is 5.97 Å². The topological polar surface area (TPSA) is 66.4 Å². The Morgan fingerprint density at radius 3 is 2.67 bits per heavy atom. The number of nitrogens with one attached hydrogen (secondary N) is 1. The number of hydrogen-bond donors (Lipinski definition) is 2. The molecule has 1 saturated carbocycles. The van der Waals surface area contributed by atoms with Crippen LogP contribution in [0.15, 0.2) is 0 Å². The van der Waals surface area contributed by atoms with Crippen LogP contribution in [0.2, 0.25) is 0 Å². The van der Waals surface area contributed by atoms with Gasteiger partial charge in [-0.25, -0.2) is 0 Å². The van der Waals surface area contributed by atoms with Crippen LogP contribution in [0.4, 0.5) is 0 Å². The van der Waals surface area contributed by atoms with Gasteiger partial charge in [0.15, 0.2) is 0 Å². The second kappa shape index (κ2) is 8.11. The van der Waals surface area contributed by atoms with E-state index in [2.05, 4.69) is 12.2 Å². The molecule has 104 valence electrons. The Balaban J connectivity index is 2.04. The summed E-state index contributed by atoms with van der Waals surface area (Å²) in [6.45, 7) is 2.90. The lowest BCUT2D eigenvalue weighted by Gasteiger charge is -2.25. The molecule has 1 amide bonds. The van der Waals surface area contributed by atoms with Crippen molar-refractivity contribution in [3.63, 3.8) is 0 Å². The fourth-order valence-electron chi connectivity index (χ4n) is 2.61. The summed E-state index contributed by atoms with van der Waals surface area (Å²) in [5, 5.41) is 11.5. The highest BCUT2D eigenvalue weighted by Gasteiger charge is 2.24. The number of rotatable bonds is 7. The average Bonchev–Trinajstić information content (AvgIpc) is 2.33. The monoisotopic (exact) mass is 255 g/mol. The van der Waals surface area contributed by atoms with Gasteiger partial charge in [0.1, 0.15) is 0 Å². The molecule has 4 nitrogen and oxygen atoms in total. The molecule has 0 spiro atoms. The van der Waals surface area contributed by atoms with Gasteiger partial charge in [0, 0.05) is 18.9 Å². The Morgan fingerprint density at radius 2 is 2.00 bits per heavy atom. The van der Waals surface area contributed by atoms with Gasteiger partial charge in [-0.3, -0.25) is 9.59 Å². The second-order valence-electron chi connectivity index (χ2n) is 5.46. The largest absolute Gasteiger partial charge is 0.481 e. The highest BCUT2D eigenvalue weighted by molar-refractivity contribution is 5.78. The summed E-state index contributed by atoms with van der Waals surface area (Å²) in [6.07, 6.45) is 7.13. The van der Waals surface area contributed by atoms with E-state index in [1.165, 1.54) is 6.42 Å². The maximum Gasteiger partial charge on any atom is 0.303 e. The predicted octanol–water partition coefficient (Wildman–Crippen LogP) is 2.57. The fraction of sp³-hybridized carbons (Fsp3) is 0.857. The molecular weight excluding hydrogens is 230 g/mol. The van der Waals surface area contributed by atoms with E-state index in [4.69, 9.17) is 5.11 Å². The first-order valence-electron chi connectivity index (χ1n) is 7.09. The summed E-state index contributed by atoms with van der Waals surface area (Å²) >= 11 is 0. The first kappa shape index (κ1) is 15.0. The van der Waals surface area contributed by atoms with Crippen molar-refractivity contribution in [3.05, 3.63) is 0 Å². The van der Waals surface area contributed by atoms with E-state index >= 15 is 0 Å². The number of amides is 1. The zero-order chi connectivity index (χ0) is 13.4. The van der Waals surface area contributed by atoms with E-state index in [9.17, 15) is 9.59 Å². The molecule has 18 heavy (non-hydrogen) atoms. The van der Waals surface area contributed by atoms with E-state index in [1.807, 2.05) is 0 Å². The second-order valence-corrected chi connectivity index (χ2v) is 5.46.